The van der Waals surface area contributed by atoms with E-state index in [1.807, 2.05) is 0 Å². The van der Waals surface area contributed by atoms with Crippen molar-refractivity contribution in [3.05, 3.63) is 59.4 Å². The molecule has 0 N–H and O–H groups in total. The first-order valence-electron chi connectivity index (χ1n) is 8.98. The van der Waals surface area contributed by atoms with E-state index >= 15 is 0 Å². The molecule has 1 saturated heterocycles. The zero-order valence-electron chi connectivity index (χ0n) is 14.6. The molecular formula is C20H24N4S. The fourth-order valence-corrected chi connectivity index (χ4v) is 4.08. The van der Waals surface area contributed by atoms with Gasteiger partial charge in [-0.15, -0.1) is 0 Å². The largest absolute Gasteiger partial charge is 0.369 e. The molecule has 4 rings (SSSR count). The molecule has 0 bridgehead atoms. The molecule has 0 amide bonds. The Bertz CT molecular complexity index is 904. The summed E-state index contributed by atoms with van der Waals surface area (Å²) in [5, 5.41) is 0. The number of aromatic nitrogens is 2. The van der Waals surface area contributed by atoms with Gasteiger partial charge in [-0.2, -0.15) is 0 Å². The Kier molecular flexibility index (Phi) is 4.59. The van der Waals surface area contributed by atoms with Crippen LogP contribution in [0.2, 0.25) is 0 Å². The van der Waals surface area contributed by atoms with Gasteiger partial charge < -0.3 is 14.0 Å². The second-order valence-electron chi connectivity index (χ2n) is 6.53. The van der Waals surface area contributed by atoms with Crippen LogP contribution in [0.1, 0.15) is 6.92 Å². The maximum atomic E-state index is 5.75. The summed E-state index contributed by atoms with van der Waals surface area (Å²) in [4.78, 5) is 4.97. The van der Waals surface area contributed by atoms with E-state index in [-0.39, 0.29) is 0 Å². The van der Waals surface area contributed by atoms with Crippen molar-refractivity contribution in [2.24, 2.45) is 0 Å². The molecule has 2 aromatic carbocycles. The Balaban J connectivity index is 1.52. The quantitative estimate of drug-likeness (QED) is 0.661. The summed E-state index contributed by atoms with van der Waals surface area (Å²) in [6.45, 7) is 8.17. The molecule has 0 atom stereocenters. The molecule has 1 fully saturated rings. The van der Waals surface area contributed by atoms with Gasteiger partial charge in [0.2, 0.25) is 0 Å². The predicted octanol–water partition coefficient (Wildman–Crippen LogP) is 3.97. The summed E-state index contributed by atoms with van der Waals surface area (Å²) >= 11 is 5.75. The third-order valence-electron chi connectivity index (χ3n) is 5.08. The van der Waals surface area contributed by atoms with E-state index in [1.54, 1.807) is 0 Å². The van der Waals surface area contributed by atoms with Gasteiger partial charge in [-0.1, -0.05) is 30.3 Å². The number of rotatable bonds is 4. The van der Waals surface area contributed by atoms with Crippen LogP contribution in [0.25, 0.3) is 11.0 Å². The summed E-state index contributed by atoms with van der Waals surface area (Å²) < 4.78 is 5.44. The van der Waals surface area contributed by atoms with Gasteiger partial charge in [-0.05, 0) is 43.4 Å². The highest BCUT2D eigenvalue weighted by atomic mass is 32.1. The molecule has 0 saturated carbocycles. The Morgan fingerprint density at radius 3 is 2.04 bits per heavy atom. The lowest BCUT2D eigenvalue weighted by molar-refractivity contribution is 0.207. The molecule has 2 heterocycles. The van der Waals surface area contributed by atoms with Crippen LogP contribution in [0.15, 0.2) is 54.6 Å². The van der Waals surface area contributed by atoms with Crippen LogP contribution >= 0.6 is 12.2 Å². The molecular weight excluding hydrogens is 328 g/mol. The lowest BCUT2D eigenvalue weighted by Gasteiger charge is -2.36. The summed E-state index contributed by atoms with van der Waals surface area (Å²) in [6, 6.07) is 19.2. The third-order valence-corrected chi connectivity index (χ3v) is 5.52. The topological polar surface area (TPSA) is 16.3 Å². The lowest BCUT2D eigenvalue weighted by Crippen LogP contribution is -2.46. The number of anilines is 1. The fourth-order valence-electron chi connectivity index (χ4n) is 3.70. The molecule has 130 valence electrons. The van der Waals surface area contributed by atoms with E-state index in [4.69, 9.17) is 12.2 Å². The molecule has 1 aliphatic heterocycles. The number of aryl methyl sites for hydroxylation is 1. The minimum atomic E-state index is 0.870. The predicted molar refractivity (Wildman–Crippen MR) is 107 cm³/mol. The van der Waals surface area contributed by atoms with Crippen molar-refractivity contribution in [3.8, 4) is 0 Å². The Hall–Kier alpha value is -2.11. The Labute approximate surface area is 153 Å². The zero-order valence-corrected chi connectivity index (χ0v) is 15.5. The highest BCUT2D eigenvalue weighted by Crippen LogP contribution is 2.20. The smallest absolute Gasteiger partial charge is 0.181 e. The first-order valence-corrected chi connectivity index (χ1v) is 9.39. The van der Waals surface area contributed by atoms with Crippen LogP contribution in [0.4, 0.5) is 5.69 Å². The second kappa shape index (κ2) is 7.02. The molecule has 0 aliphatic carbocycles. The van der Waals surface area contributed by atoms with Crippen molar-refractivity contribution < 1.29 is 0 Å². The number of hydrogen-bond acceptors (Lipinski definition) is 3. The summed E-state index contributed by atoms with van der Waals surface area (Å²) in [5.41, 5.74) is 3.79. The number of para-hydroxylation sites is 3. The normalized spacial score (nSPS) is 15.8. The molecule has 25 heavy (non-hydrogen) atoms. The monoisotopic (exact) mass is 352 g/mol. The van der Waals surface area contributed by atoms with Crippen molar-refractivity contribution >= 4 is 28.9 Å². The van der Waals surface area contributed by atoms with Gasteiger partial charge in [-0.25, -0.2) is 0 Å². The highest BCUT2D eigenvalue weighted by Gasteiger charge is 2.19. The van der Waals surface area contributed by atoms with Crippen LogP contribution in [0.3, 0.4) is 0 Å². The number of hydrogen-bond donors (Lipinski definition) is 0. The molecule has 1 aromatic heterocycles. The van der Waals surface area contributed by atoms with Gasteiger partial charge in [0.15, 0.2) is 4.77 Å². The van der Waals surface area contributed by atoms with E-state index in [0.29, 0.717) is 0 Å². The maximum absolute atomic E-state index is 5.75. The van der Waals surface area contributed by atoms with E-state index in [9.17, 15) is 0 Å². The second-order valence-corrected chi connectivity index (χ2v) is 6.89. The standard InChI is InChI=1S/C20H24N4S/c1-2-23-18-10-6-7-11-19(18)24(20(23)25)16-21-12-14-22(15-13-21)17-8-4-3-5-9-17/h3-11H,2,12-16H2,1H3. The van der Waals surface area contributed by atoms with E-state index in [1.165, 1.54) is 16.7 Å². The van der Waals surface area contributed by atoms with Gasteiger partial charge in [0, 0.05) is 38.4 Å². The molecule has 3 aromatic rings. The van der Waals surface area contributed by atoms with Crippen molar-refractivity contribution in [1.82, 2.24) is 14.0 Å². The van der Waals surface area contributed by atoms with Gasteiger partial charge in [0.25, 0.3) is 0 Å². The molecule has 1 aliphatic rings. The van der Waals surface area contributed by atoms with E-state index in [0.717, 1.165) is 44.2 Å². The summed E-state index contributed by atoms with van der Waals surface area (Å²) in [5.74, 6) is 0. The maximum Gasteiger partial charge on any atom is 0.181 e. The van der Waals surface area contributed by atoms with Crippen LogP contribution in [0, 0.1) is 4.77 Å². The molecule has 5 heteroatoms. The Morgan fingerprint density at radius 1 is 0.800 bits per heavy atom. The first kappa shape index (κ1) is 16.4. The average Bonchev–Trinajstić information content (AvgIpc) is 2.94. The van der Waals surface area contributed by atoms with Crippen molar-refractivity contribution in [3.63, 3.8) is 0 Å². The molecule has 4 nitrogen and oxygen atoms in total. The SMILES string of the molecule is CCn1c(=S)n(CN2CCN(c3ccccc3)CC2)c2ccccc21. The molecule has 0 radical (unpaired) electrons. The van der Waals surface area contributed by atoms with Gasteiger partial charge in [0.05, 0.1) is 17.7 Å². The third kappa shape index (κ3) is 3.10. The average molecular weight is 353 g/mol. The minimum Gasteiger partial charge on any atom is -0.369 e. The van der Waals surface area contributed by atoms with E-state index in [2.05, 4.69) is 80.5 Å². The van der Waals surface area contributed by atoms with Gasteiger partial charge >= 0.3 is 0 Å². The lowest BCUT2D eigenvalue weighted by atomic mass is 10.2. The number of nitrogens with zero attached hydrogens (tertiary/aromatic N) is 4. The molecule has 0 unspecified atom stereocenters. The Morgan fingerprint density at radius 2 is 1.40 bits per heavy atom. The van der Waals surface area contributed by atoms with Crippen molar-refractivity contribution in [2.75, 3.05) is 31.1 Å². The number of imidazole rings is 1. The van der Waals surface area contributed by atoms with Crippen LogP contribution in [0.5, 0.6) is 0 Å². The van der Waals surface area contributed by atoms with Crippen molar-refractivity contribution in [2.45, 2.75) is 20.1 Å². The van der Waals surface area contributed by atoms with Gasteiger partial charge in [-0.3, -0.25) is 4.90 Å². The van der Waals surface area contributed by atoms with Crippen molar-refractivity contribution in [1.29, 1.82) is 0 Å². The first-order chi connectivity index (χ1) is 12.3. The van der Waals surface area contributed by atoms with E-state index < -0.39 is 0 Å². The number of fused-ring (bicyclic) bond motifs is 1. The number of piperazine rings is 1. The van der Waals surface area contributed by atoms with Crippen LogP contribution < -0.4 is 4.90 Å². The zero-order chi connectivity index (χ0) is 17.2. The fraction of sp³-hybridized carbons (Fsp3) is 0.350. The van der Waals surface area contributed by atoms with Crippen LogP contribution in [-0.4, -0.2) is 40.2 Å². The summed E-state index contributed by atoms with van der Waals surface area (Å²) in [7, 11) is 0. The van der Waals surface area contributed by atoms with Gasteiger partial charge in [0.1, 0.15) is 0 Å². The number of benzene rings is 2. The highest BCUT2D eigenvalue weighted by molar-refractivity contribution is 7.71. The minimum absolute atomic E-state index is 0.870. The summed E-state index contributed by atoms with van der Waals surface area (Å²) in [6.07, 6.45) is 0. The molecule has 0 spiro atoms. The van der Waals surface area contributed by atoms with Crippen LogP contribution in [-0.2, 0) is 13.2 Å².